The second-order valence-corrected chi connectivity index (χ2v) is 8.83. The van der Waals surface area contributed by atoms with E-state index in [2.05, 4.69) is 15.6 Å². The summed E-state index contributed by atoms with van der Waals surface area (Å²) in [6.45, 7) is 1.98. The lowest BCUT2D eigenvalue weighted by atomic mass is 9.90. The lowest BCUT2D eigenvalue weighted by molar-refractivity contribution is -0.120. The number of fused-ring (bicyclic) bond motifs is 1. The molecule has 178 valence electrons. The van der Waals surface area contributed by atoms with E-state index in [0.29, 0.717) is 22.7 Å². The van der Waals surface area contributed by atoms with Gasteiger partial charge in [0.1, 0.15) is 11.3 Å². The molecule has 0 bridgehead atoms. The number of amides is 1. The van der Waals surface area contributed by atoms with E-state index in [1.165, 1.54) is 6.07 Å². The van der Waals surface area contributed by atoms with Gasteiger partial charge in [-0.1, -0.05) is 66.7 Å². The van der Waals surface area contributed by atoms with Crippen molar-refractivity contribution in [2.75, 3.05) is 5.32 Å². The van der Waals surface area contributed by atoms with Gasteiger partial charge >= 0.3 is 0 Å². The van der Waals surface area contributed by atoms with E-state index >= 15 is 0 Å². The number of hydrogen-bond acceptors (Lipinski definition) is 5. The number of anilines is 1. The minimum Gasteiger partial charge on any atom is -0.507 e. The molecule has 0 aliphatic rings. The lowest BCUT2D eigenvalue weighted by Crippen LogP contribution is -2.37. The SMILES string of the molecule is Cc1ccc2oc(-c3ccc(NC(=S)NC(=O)C(c4ccccc4)c4ccccc4)cc3O)nc2c1. The molecule has 36 heavy (non-hydrogen) atoms. The summed E-state index contributed by atoms with van der Waals surface area (Å²) < 4.78 is 5.80. The number of benzene rings is 4. The predicted octanol–water partition coefficient (Wildman–Crippen LogP) is 6.15. The Balaban J connectivity index is 1.32. The summed E-state index contributed by atoms with van der Waals surface area (Å²) in [5.41, 5.74) is 5.14. The number of carbonyl (C=O) groups is 1. The van der Waals surface area contributed by atoms with E-state index in [-0.39, 0.29) is 16.8 Å². The fourth-order valence-corrected chi connectivity index (χ4v) is 4.29. The molecule has 5 rings (SSSR count). The average molecular weight is 494 g/mol. The van der Waals surface area contributed by atoms with E-state index < -0.39 is 5.92 Å². The summed E-state index contributed by atoms with van der Waals surface area (Å²) >= 11 is 5.40. The topological polar surface area (TPSA) is 87.4 Å². The molecule has 0 radical (unpaired) electrons. The molecule has 1 aromatic heterocycles. The van der Waals surface area contributed by atoms with Gasteiger partial charge in [0.15, 0.2) is 10.7 Å². The number of rotatable bonds is 5. The molecule has 7 heteroatoms. The fourth-order valence-electron chi connectivity index (χ4n) is 4.08. The Bertz CT molecular complexity index is 1510. The maximum absolute atomic E-state index is 13.3. The van der Waals surface area contributed by atoms with E-state index in [1.54, 1.807) is 12.1 Å². The third-order valence-corrected chi connectivity index (χ3v) is 6.00. The molecule has 6 nitrogen and oxygen atoms in total. The molecule has 0 spiro atoms. The normalized spacial score (nSPS) is 10.9. The van der Waals surface area contributed by atoms with Crippen LogP contribution in [0, 0.1) is 6.92 Å². The van der Waals surface area contributed by atoms with Gasteiger partial charge < -0.3 is 20.2 Å². The first-order valence-electron chi connectivity index (χ1n) is 11.4. The van der Waals surface area contributed by atoms with Crippen molar-refractivity contribution in [3.05, 3.63) is 114 Å². The first-order valence-corrected chi connectivity index (χ1v) is 11.8. The molecule has 0 atom stereocenters. The number of aryl methyl sites for hydroxylation is 1. The third-order valence-electron chi connectivity index (χ3n) is 5.79. The molecule has 4 aromatic carbocycles. The van der Waals surface area contributed by atoms with Gasteiger partial charge in [-0.3, -0.25) is 4.79 Å². The van der Waals surface area contributed by atoms with Crippen LogP contribution in [0.2, 0.25) is 0 Å². The average Bonchev–Trinajstić information content (AvgIpc) is 3.28. The van der Waals surface area contributed by atoms with Crippen molar-refractivity contribution in [1.29, 1.82) is 0 Å². The van der Waals surface area contributed by atoms with Gasteiger partial charge in [0.2, 0.25) is 11.8 Å². The minimum atomic E-state index is -0.522. The van der Waals surface area contributed by atoms with Crippen LogP contribution in [0.15, 0.2) is 101 Å². The monoisotopic (exact) mass is 493 g/mol. The Hall–Kier alpha value is -4.49. The van der Waals surface area contributed by atoms with Crippen molar-refractivity contribution in [3.8, 4) is 17.2 Å². The van der Waals surface area contributed by atoms with Gasteiger partial charge in [-0.05, 0) is 60.1 Å². The molecular weight excluding hydrogens is 470 g/mol. The van der Waals surface area contributed by atoms with Gasteiger partial charge in [-0.15, -0.1) is 0 Å². The number of hydrogen-bond donors (Lipinski definition) is 3. The number of thiocarbonyl (C=S) groups is 1. The van der Waals surface area contributed by atoms with Crippen molar-refractivity contribution in [3.63, 3.8) is 0 Å². The van der Waals surface area contributed by atoms with Crippen LogP contribution in [0.5, 0.6) is 5.75 Å². The van der Waals surface area contributed by atoms with Crippen LogP contribution in [-0.4, -0.2) is 21.1 Å². The molecule has 0 aliphatic heterocycles. The number of phenols is 1. The number of oxazole rings is 1. The molecule has 0 aliphatic carbocycles. The van der Waals surface area contributed by atoms with E-state index in [1.807, 2.05) is 85.8 Å². The summed E-state index contributed by atoms with van der Waals surface area (Å²) in [5.74, 6) is -0.480. The van der Waals surface area contributed by atoms with Crippen LogP contribution in [-0.2, 0) is 4.79 Å². The van der Waals surface area contributed by atoms with Crippen molar-refractivity contribution in [2.24, 2.45) is 0 Å². The fraction of sp³-hybridized carbons (Fsp3) is 0.0690. The first-order chi connectivity index (χ1) is 17.5. The summed E-state index contributed by atoms with van der Waals surface area (Å²) in [5, 5.41) is 16.5. The number of aromatic nitrogens is 1. The van der Waals surface area contributed by atoms with Gasteiger partial charge in [-0.25, -0.2) is 4.98 Å². The minimum absolute atomic E-state index is 0.0242. The van der Waals surface area contributed by atoms with Gasteiger partial charge in [-0.2, -0.15) is 0 Å². The maximum atomic E-state index is 13.3. The second kappa shape index (κ2) is 10.0. The highest BCUT2D eigenvalue weighted by Gasteiger charge is 2.23. The van der Waals surface area contributed by atoms with E-state index in [0.717, 1.165) is 22.2 Å². The van der Waals surface area contributed by atoms with Crippen LogP contribution in [0.3, 0.4) is 0 Å². The number of aromatic hydroxyl groups is 1. The van der Waals surface area contributed by atoms with Crippen molar-refractivity contribution in [1.82, 2.24) is 10.3 Å². The molecule has 5 aromatic rings. The number of phenolic OH excluding ortho intramolecular Hbond substituents is 1. The molecule has 3 N–H and O–H groups in total. The predicted molar refractivity (Wildman–Crippen MR) is 145 cm³/mol. The zero-order chi connectivity index (χ0) is 25.1. The standard InChI is InChI=1S/C29H23N3O3S/c1-18-12-15-25-23(16-18)31-28(35-25)22-14-13-21(17-24(22)33)30-29(36)32-27(34)26(19-8-4-2-5-9-19)20-10-6-3-7-11-20/h2-17,26,33H,1H3,(H2,30,32,34,36). The molecule has 0 saturated heterocycles. The van der Waals surface area contributed by atoms with Gasteiger partial charge in [0, 0.05) is 11.8 Å². The Morgan fingerprint density at radius 1 is 0.917 bits per heavy atom. The van der Waals surface area contributed by atoms with Gasteiger partial charge in [0.25, 0.3) is 0 Å². The van der Waals surface area contributed by atoms with E-state index in [4.69, 9.17) is 16.6 Å². The van der Waals surface area contributed by atoms with Gasteiger partial charge in [0.05, 0.1) is 11.5 Å². The Labute approximate surface area is 213 Å². The third kappa shape index (κ3) is 4.96. The Kier molecular flexibility index (Phi) is 6.47. The van der Waals surface area contributed by atoms with Crippen LogP contribution < -0.4 is 10.6 Å². The summed E-state index contributed by atoms with van der Waals surface area (Å²) in [6.07, 6.45) is 0. The highest BCUT2D eigenvalue weighted by atomic mass is 32.1. The van der Waals surface area contributed by atoms with Crippen molar-refractivity contribution < 1.29 is 14.3 Å². The highest BCUT2D eigenvalue weighted by molar-refractivity contribution is 7.80. The summed E-state index contributed by atoms with van der Waals surface area (Å²) in [6, 6.07) is 29.7. The number of nitrogens with one attached hydrogen (secondary N) is 2. The summed E-state index contributed by atoms with van der Waals surface area (Å²) in [4.78, 5) is 17.7. The lowest BCUT2D eigenvalue weighted by Gasteiger charge is -2.19. The van der Waals surface area contributed by atoms with Crippen LogP contribution in [0.4, 0.5) is 5.69 Å². The highest BCUT2D eigenvalue weighted by Crippen LogP contribution is 2.33. The largest absolute Gasteiger partial charge is 0.507 e. The number of carbonyl (C=O) groups excluding carboxylic acids is 1. The van der Waals surface area contributed by atoms with E-state index in [9.17, 15) is 9.90 Å². The quantitative estimate of drug-likeness (QED) is 0.255. The van der Waals surface area contributed by atoms with Crippen LogP contribution >= 0.6 is 12.2 Å². The van der Waals surface area contributed by atoms with Crippen LogP contribution in [0.1, 0.15) is 22.6 Å². The Morgan fingerprint density at radius 3 is 2.22 bits per heavy atom. The Morgan fingerprint density at radius 2 is 1.58 bits per heavy atom. The summed E-state index contributed by atoms with van der Waals surface area (Å²) in [7, 11) is 0. The molecule has 1 heterocycles. The molecule has 0 fully saturated rings. The van der Waals surface area contributed by atoms with Crippen molar-refractivity contribution in [2.45, 2.75) is 12.8 Å². The van der Waals surface area contributed by atoms with Crippen molar-refractivity contribution >= 4 is 40.0 Å². The first kappa shape index (κ1) is 23.3. The molecular formula is C29H23N3O3S. The molecule has 1 amide bonds. The molecule has 0 unspecified atom stereocenters. The smallest absolute Gasteiger partial charge is 0.238 e. The maximum Gasteiger partial charge on any atom is 0.238 e. The van der Waals surface area contributed by atoms with Crippen LogP contribution in [0.25, 0.3) is 22.6 Å². The molecule has 0 saturated carbocycles. The zero-order valence-corrected chi connectivity index (χ0v) is 20.3. The zero-order valence-electron chi connectivity index (χ0n) is 19.4. The number of nitrogens with zero attached hydrogens (tertiary/aromatic N) is 1. The second-order valence-electron chi connectivity index (χ2n) is 8.42.